The van der Waals surface area contributed by atoms with Crippen molar-refractivity contribution in [1.82, 2.24) is 4.90 Å². The molecular formula is C14H18N2O. The summed E-state index contributed by atoms with van der Waals surface area (Å²) in [5, 5.41) is 8.69. The molecule has 90 valence electrons. The third-order valence-corrected chi connectivity index (χ3v) is 2.95. The first-order chi connectivity index (χ1) is 8.10. The molecule has 0 aromatic heterocycles. The highest BCUT2D eigenvalue weighted by atomic mass is 16.2. The van der Waals surface area contributed by atoms with Gasteiger partial charge < -0.3 is 4.90 Å². The second-order valence-corrected chi connectivity index (χ2v) is 4.24. The number of benzene rings is 1. The third-order valence-electron chi connectivity index (χ3n) is 2.95. The highest BCUT2D eigenvalue weighted by Gasteiger charge is 2.16. The van der Waals surface area contributed by atoms with E-state index < -0.39 is 0 Å². The molecule has 0 heterocycles. The molecule has 1 atom stereocenters. The molecule has 1 unspecified atom stereocenters. The van der Waals surface area contributed by atoms with E-state index in [0.29, 0.717) is 11.1 Å². The van der Waals surface area contributed by atoms with Crippen LogP contribution in [0.25, 0.3) is 0 Å². The van der Waals surface area contributed by atoms with Gasteiger partial charge in [-0.3, -0.25) is 4.79 Å². The molecule has 3 nitrogen and oxygen atoms in total. The molecule has 0 aliphatic rings. The largest absolute Gasteiger partial charge is 0.339 e. The Morgan fingerprint density at radius 3 is 2.47 bits per heavy atom. The van der Waals surface area contributed by atoms with Crippen molar-refractivity contribution in [3.8, 4) is 6.07 Å². The van der Waals surface area contributed by atoms with Gasteiger partial charge in [0.2, 0.25) is 0 Å². The predicted octanol–water partition coefficient (Wildman–Crippen LogP) is 2.82. The van der Waals surface area contributed by atoms with E-state index in [1.54, 1.807) is 29.2 Å². The van der Waals surface area contributed by atoms with Crippen molar-refractivity contribution >= 4 is 5.91 Å². The van der Waals surface area contributed by atoms with Crippen molar-refractivity contribution in [2.75, 3.05) is 7.05 Å². The lowest BCUT2D eigenvalue weighted by Gasteiger charge is -2.24. The van der Waals surface area contributed by atoms with E-state index >= 15 is 0 Å². The SMILES string of the molecule is CCCC(C)N(C)C(=O)c1ccc(C#N)cc1. The van der Waals surface area contributed by atoms with Gasteiger partial charge in [0.05, 0.1) is 11.6 Å². The van der Waals surface area contributed by atoms with E-state index in [2.05, 4.69) is 6.92 Å². The van der Waals surface area contributed by atoms with Crippen LogP contribution in [-0.2, 0) is 0 Å². The van der Waals surface area contributed by atoms with Gasteiger partial charge in [-0.05, 0) is 37.6 Å². The Bertz CT molecular complexity index is 417. The fraction of sp³-hybridized carbons (Fsp3) is 0.429. The zero-order valence-electron chi connectivity index (χ0n) is 10.6. The van der Waals surface area contributed by atoms with E-state index in [9.17, 15) is 4.79 Å². The standard InChI is InChI=1S/C14H18N2O/c1-4-5-11(2)16(3)14(17)13-8-6-12(10-15)7-9-13/h6-9,11H,4-5H2,1-3H3. The number of hydrogen-bond donors (Lipinski definition) is 0. The van der Waals surface area contributed by atoms with E-state index in [-0.39, 0.29) is 11.9 Å². The number of hydrogen-bond acceptors (Lipinski definition) is 2. The first kappa shape index (κ1) is 13.2. The summed E-state index contributed by atoms with van der Waals surface area (Å²) in [6.45, 7) is 4.15. The zero-order chi connectivity index (χ0) is 12.8. The third kappa shape index (κ3) is 3.32. The van der Waals surface area contributed by atoms with Gasteiger partial charge >= 0.3 is 0 Å². The van der Waals surface area contributed by atoms with Crippen LogP contribution in [0.4, 0.5) is 0 Å². The van der Waals surface area contributed by atoms with Gasteiger partial charge in [0.25, 0.3) is 5.91 Å². The molecule has 1 aromatic carbocycles. The lowest BCUT2D eigenvalue weighted by molar-refractivity contribution is 0.0737. The topological polar surface area (TPSA) is 44.1 Å². The van der Waals surface area contributed by atoms with Gasteiger partial charge in [-0.2, -0.15) is 5.26 Å². The molecule has 0 aliphatic heterocycles. The van der Waals surface area contributed by atoms with E-state index in [1.165, 1.54) is 0 Å². The maximum absolute atomic E-state index is 12.1. The van der Waals surface area contributed by atoms with Crippen LogP contribution in [0.3, 0.4) is 0 Å². The van der Waals surface area contributed by atoms with Crippen LogP contribution in [-0.4, -0.2) is 23.9 Å². The monoisotopic (exact) mass is 230 g/mol. The number of carbonyl (C=O) groups is 1. The van der Waals surface area contributed by atoms with Crippen molar-refractivity contribution in [3.05, 3.63) is 35.4 Å². The minimum atomic E-state index is 0.00967. The fourth-order valence-corrected chi connectivity index (χ4v) is 1.70. The average Bonchev–Trinajstić information content (AvgIpc) is 2.37. The minimum Gasteiger partial charge on any atom is -0.339 e. The number of amides is 1. The summed E-state index contributed by atoms with van der Waals surface area (Å²) in [5.74, 6) is 0.00967. The van der Waals surface area contributed by atoms with Crippen LogP contribution in [0.5, 0.6) is 0 Å². The average molecular weight is 230 g/mol. The number of rotatable bonds is 4. The highest BCUT2D eigenvalue weighted by Crippen LogP contribution is 2.11. The molecule has 0 saturated carbocycles. The van der Waals surface area contributed by atoms with E-state index in [0.717, 1.165) is 12.8 Å². The Labute approximate surface area is 103 Å². The second-order valence-electron chi connectivity index (χ2n) is 4.24. The van der Waals surface area contributed by atoms with Crippen molar-refractivity contribution in [2.45, 2.75) is 32.7 Å². The van der Waals surface area contributed by atoms with Gasteiger partial charge in [-0.1, -0.05) is 13.3 Å². The van der Waals surface area contributed by atoms with Crippen molar-refractivity contribution in [2.24, 2.45) is 0 Å². The Morgan fingerprint density at radius 1 is 1.41 bits per heavy atom. The molecule has 0 bridgehead atoms. The molecule has 17 heavy (non-hydrogen) atoms. The van der Waals surface area contributed by atoms with Gasteiger partial charge in [0, 0.05) is 18.7 Å². The van der Waals surface area contributed by atoms with Crippen LogP contribution in [0, 0.1) is 11.3 Å². The molecule has 0 saturated heterocycles. The second kappa shape index (κ2) is 6.05. The molecule has 0 radical (unpaired) electrons. The molecule has 0 spiro atoms. The Hall–Kier alpha value is -1.82. The maximum atomic E-state index is 12.1. The molecule has 0 fully saturated rings. The summed E-state index contributed by atoms with van der Waals surface area (Å²) in [4.78, 5) is 13.9. The summed E-state index contributed by atoms with van der Waals surface area (Å²) < 4.78 is 0. The van der Waals surface area contributed by atoms with Gasteiger partial charge in [-0.25, -0.2) is 0 Å². The molecular weight excluding hydrogens is 212 g/mol. The molecule has 0 N–H and O–H groups in total. The summed E-state index contributed by atoms with van der Waals surface area (Å²) in [6, 6.07) is 9.03. The van der Waals surface area contributed by atoms with Crippen LogP contribution >= 0.6 is 0 Å². The van der Waals surface area contributed by atoms with Crippen LogP contribution in [0.15, 0.2) is 24.3 Å². The number of nitriles is 1. The smallest absolute Gasteiger partial charge is 0.253 e. The predicted molar refractivity (Wildman–Crippen MR) is 67.6 cm³/mol. The van der Waals surface area contributed by atoms with Crippen molar-refractivity contribution < 1.29 is 4.79 Å². The van der Waals surface area contributed by atoms with Gasteiger partial charge in [0.1, 0.15) is 0 Å². The van der Waals surface area contributed by atoms with Gasteiger partial charge in [0.15, 0.2) is 0 Å². The summed E-state index contributed by atoms with van der Waals surface area (Å²) >= 11 is 0. The molecule has 1 rings (SSSR count). The summed E-state index contributed by atoms with van der Waals surface area (Å²) in [6.07, 6.45) is 2.06. The normalized spacial score (nSPS) is 11.6. The minimum absolute atomic E-state index is 0.00967. The molecule has 0 aliphatic carbocycles. The fourth-order valence-electron chi connectivity index (χ4n) is 1.70. The summed E-state index contributed by atoms with van der Waals surface area (Å²) in [5.41, 5.74) is 1.21. The lowest BCUT2D eigenvalue weighted by atomic mass is 10.1. The molecule has 3 heteroatoms. The van der Waals surface area contributed by atoms with E-state index in [1.807, 2.05) is 20.0 Å². The van der Waals surface area contributed by atoms with Crippen LogP contribution in [0.2, 0.25) is 0 Å². The Kier molecular flexibility index (Phi) is 4.71. The summed E-state index contributed by atoms with van der Waals surface area (Å²) in [7, 11) is 1.82. The first-order valence-electron chi connectivity index (χ1n) is 5.87. The van der Waals surface area contributed by atoms with Crippen molar-refractivity contribution in [1.29, 1.82) is 5.26 Å². The Morgan fingerprint density at radius 2 is 2.00 bits per heavy atom. The van der Waals surface area contributed by atoms with Crippen molar-refractivity contribution in [3.63, 3.8) is 0 Å². The van der Waals surface area contributed by atoms with Crippen LogP contribution < -0.4 is 0 Å². The number of carbonyl (C=O) groups excluding carboxylic acids is 1. The zero-order valence-corrected chi connectivity index (χ0v) is 10.6. The quantitative estimate of drug-likeness (QED) is 0.798. The van der Waals surface area contributed by atoms with E-state index in [4.69, 9.17) is 5.26 Å². The lowest BCUT2D eigenvalue weighted by Crippen LogP contribution is -2.34. The molecule has 1 amide bonds. The number of nitrogens with zero attached hydrogens (tertiary/aromatic N) is 2. The Balaban J connectivity index is 2.78. The highest BCUT2D eigenvalue weighted by molar-refractivity contribution is 5.94. The maximum Gasteiger partial charge on any atom is 0.253 e. The van der Waals surface area contributed by atoms with Gasteiger partial charge in [-0.15, -0.1) is 0 Å². The van der Waals surface area contributed by atoms with Crippen LogP contribution in [0.1, 0.15) is 42.6 Å². The molecule has 1 aromatic rings. The first-order valence-corrected chi connectivity index (χ1v) is 5.87.